The number of nitro benzene ring substituents is 1. The number of hydrogen-bond donors (Lipinski definition) is 2. The highest BCUT2D eigenvalue weighted by Crippen LogP contribution is 2.28. The van der Waals surface area contributed by atoms with E-state index in [1.165, 1.54) is 25.3 Å². The van der Waals surface area contributed by atoms with Crippen LogP contribution in [0.2, 0.25) is 0 Å². The molecule has 1 aromatic rings. The van der Waals surface area contributed by atoms with E-state index in [1.807, 2.05) is 0 Å². The van der Waals surface area contributed by atoms with E-state index in [9.17, 15) is 19.7 Å². The molecule has 0 aliphatic heterocycles. The number of rotatable bonds is 9. The third-order valence-electron chi connectivity index (χ3n) is 3.10. The Morgan fingerprint density at radius 3 is 2.57 bits per heavy atom. The van der Waals surface area contributed by atoms with E-state index in [2.05, 4.69) is 5.32 Å². The summed E-state index contributed by atoms with van der Waals surface area (Å²) in [5.41, 5.74) is -0.161. The third-order valence-corrected chi connectivity index (χ3v) is 3.10. The van der Waals surface area contributed by atoms with Gasteiger partial charge >= 0.3 is 5.97 Å². The Bertz CT molecular complexity index is 590. The Labute approximate surface area is 133 Å². The normalized spacial score (nSPS) is 10.4. The van der Waals surface area contributed by atoms with Crippen LogP contribution in [0.4, 0.5) is 11.4 Å². The summed E-state index contributed by atoms with van der Waals surface area (Å²) in [6, 6.07) is 4.15. The molecule has 0 unspecified atom stereocenters. The van der Waals surface area contributed by atoms with Crippen molar-refractivity contribution in [3.63, 3.8) is 0 Å². The number of carboxylic acid groups (broad SMARTS) is 1. The quantitative estimate of drug-likeness (QED) is 0.519. The minimum atomic E-state index is -0.907. The van der Waals surface area contributed by atoms with E-state index >= 15 is 0 Å². The molecule has 0 saturated carbocycles. The molecule has 0 saturated heterocycles. The molecule has 0 bridgehead atoms. The predicted molar refractivity (Wildman–Crippen MR) is 82.6 cm³/mol. The maximum absolute atomic E-state index is 11.9. The van der Waals surface area contributed by atoms with Crippen LogP contribution < -0.4 is 10.1 Å². The number of anilines is 1. The van der Waals surface area contributed by atoms with Crippen LogP contribution in [0.5, 0.6) is 5.75 Å². The number of carbonyl (C=O) groups excluding carboxylic acids is 1. The fourth-order valence-corrected chi connectivity index (χ4v) is 1.80. The Balaban J connectivity index is 2.60. The molecular formula is C14H19N3O6. The fourth-order valence-electron chi connectivity index (χ4n) is 1.80. The molecule has 1 amide bonds. The average molecular weight is 325 g/mol. The molecule has 0 atom stereocenters. The number of benzene rings is 1. The first kappa shape index (κ1) is 18.4. The average Bonchev–Trinajstić information content (AvgIpc) is 2.51. The van der Waals surface area contributed by atoms with Crippen molar-refractivity contribution in [1.82, 2.24) is 4.90 Å². The molecule has 9 nitrogen and oxygen atoms in total. The van der Waals surface area contributed by atoms with Crippen LogP contribution in [0, 0.1) is 10.1 Å². The molecular weight excluding hydrogens is 306 g/mol. The van der Waals surface area contributed by atoms with Gasteiger partial charge in [-0.05, 0) is 19.2 Å². The van der Waals surface area contributed by atoms with Crippen molar-refractivity contribution < 1.29 is 24.4 Å². The summed E-state index contributed by atoms with van der Waals surface area (Å²) in [5.74, 6) is -0.973. The van der Waals surface area contributed by atoms with Crippen molar-refractivity contribution in [1.29, 1.82) is 0 Å². The van der Waals surface area contributed by atoms with Gasteiger partial charge in [0.25, 0.3) is 5.69 Å². The van der Waals surface area contributed by atoms with Gasteiger partial charge in [0.2, 0.25) is 5.91 Å². The van der Waals surface area contributed by atoms with E-state index in [1.54, 1.807) is 11.9 Å². The highest BCUT2D eigenvalue weighted by atomic mass is 16.6. The first-order chi connectivity index (χ1) is 10.8. The Morgan fingerprint density at radius 1 is 1.35 bits per heavy atom. The van der Waals surface area contributed by atoms with Crippen molar-refractivity contribution in [3.8, 4) is 5.75 Å². The Kier molecular flexibility index (Phi) is 6.94. The minimum Gasteiger partial charge on any atom is -0.496 e. The molecule has 0 spiro atoms. The molecule has 0 aliphatic rings. The number of carboxylic acids is 1. The van der Waals surface area contributed by atoms with Gasteiger partial charge in [0.15, 0.2) is 0 Å². The minimum absolute atomic E-state index is 0.0118. The lowest BCUT2D eigenvalue weighted by Crippen LogP contribution is -2.26. The number of methoxy groups -OCH3 is 1. The molecule has 1 aromatic carbocycles. The zero-order valence-corrected chi connectivity index (χ0v) is 12.9. The van der Waals surface area contributed by atoms with E-state index in [0.717, 1.165) is 0 Å². The summed E-state index contributed by atoms with van der Waals surface area (Å²) < 4.78 is 4.92. The van der Waals surface area contributed by atoms with Gasteiger partial charge < -0.3 is 20.1 Å². The first-order valence-electron chi connectivity index (χ1n) is 6.86. The highest BCUT2D eigenvalue weighted by molar-refractivity contribution is 5.93. The number of nitrogens with zero attached hydrogens (tertiary/aromatic N) is 2. The zero-order valence-electron chi connectivity index (χ0n) is 12.9. The second-order valence-corrected chi connectivity index (χ2v) is 4.89. The second kappa shape index (κ2) is 8.69. The van der Waals surface area contributed by atoms with Crippen LogP contribution in [0.15, 0.2) is 18.2 Å². The number of amides is 1. The molecule has 0 fully saturated rings. The standard InChI is InChI=1S/C14H19N3O6/c1-16(8-6-14(19)20)7-5-13(18)15-11-4-3-10(23-2)9-12(11)17(21)22/h3-4,9H,5-8H2,1-2H3,(H,15,18)(H,19,20). The van der Waals surface area contributed by atoms with Gasteiger partial charge in [-0.15, -0.1) is 0 Å². The molecule has 0 aromatic heterocycles. The molecule has 1 rings (SSSR count). The van der Waals surface area contributed by atoms with E-state index in [-0.39, 0.29) is 30.1 Å². The molecule has 23 heavy (non-hydrogen) atoms. The summed E-state index contributed by atoms with van der Waals surface area (Å²) in [6.45, 7) is 0.675. The van der Waals surface area contributed by atoms with Crippen LogP contribution in [0.1, 0.15) is 12.8 Å². The lowest BCUT2D eigenvalue weighted by atomic mass is 10.2. The largest absolute Gasteiger partial charge is 0.496 e. The van der Waals surface area contributed by atoms with Gasteiger partial charge in [-0.1, -0.05) is 0 Å². The van der Waals surface area contributed by atoms with Crippen molar-refractivity contribution in [2.75, 3.05) is 32.6 Å². The van der Waals surface area contributed by atoms with Gasteiger partial charge in [0.05, 0.1) is 24.5 Å². The number of ether oxygens (including phenoxy) is 1. The topological polar surface area (TPSA) is 122 Å². The van der Waals surface area contributed by atoms with Crippen LogP contribution in [0.25, 0.3) is 0 Å². The van der Waals surface area contributed by atoms with Crippen LogP contribution in [-0.4, -0.2) is 54.1 Å². The van der Waals surface area contributed by atoms with Gasteiger partial charge in [-0.25, -0.2) is 0 Å². The Hall–Kier alpha value is -2.68. The van der Waals surface area contributed by atoms with Crippen LogP contribution in [-0.2, 0) is 9.59 Å². The molecule has 0 radical (unpaired) electrons. The third kappa shape index (κ3) is 6.30. The number of nitrogens with one attached hydrogen (secondary N) is 1. The lowest BCUT2D eigenvalue weighted by Gasteiger charge is -2.15. The molecule has 9 heteroatoms. The number of hydrogen-bond acceptors (Lipinski definition) is 6. The van der Waals surface area contributed by atoms with Crippen molar-refractivity contribution in [2.45, 2.75) is 12.8 Å². The summed E-state index contributed by atoms with van der Waals surface area (Å²) in [6.07, 6.45) is 0.0847. The molecule has 2 N–H and O–H groups in total. The smallest absolute Gasteiger partial charge is 0.304 e. The summed E-state index contributed by atoms with van der Waals surface area (Å²) in [4.78, 5) is 34.5. The van der Waals surface area contributed by atoms with E-state index in [0.29, 0.717) is 18.8 Å². The van der Waals surface area contributed by atoms with Crippen molar-refractivity contribution >= 4 is 23.3 Å². The summed E-state index contributed by atoms with van der Waals surface area (Å²) in [7, 11) is 3.09. The van der Waals surface area contributed by atoms with Gasteiger partial charge in [0, 0.05) is 19.5 Å². The van der Waals surface area contributed by atoms with Gasteiger partial charge in [-0.2, -0.15) is 0 Å². The first-order valence-corrected chi connectivity index (χ1v) is 6.86. The van der Waals surface area contributed by atoms with Gasteiger partial charge in [0.1, 0.15) is 11.4 Å². The maximum Gasteiger partial charge on any atom is 0.304 e. The Morgan fingerprint density at radius 2 is 2.00 bits per heavy atom. The molecule has 0 heterocycles. The van der Waals surface area contributed by atoms with Crippen molar-refractivity contribution in [3.05, 3.63) is 28.3 Å². The van der Waals surface area contributed by atoms with E-state index in [4.69, 9.17) is 9.84 Å². The zero-order chi connectivity index (χ0) is 17.4. The van der Waals surface area contributed by atoms with Crippen LogP contribution >= 0.6 is 0 Å². The summed E-state index contributed by atoms with van der Waals surface area (Å²) in [5, 5.41) is 22.1. The van der Waals surface area contributed by atoms with Crippen molar-refractivity contribution in [2.24, 2.45) is 0 Å². The molecule has 0 aliphatic carbocycles. The number of carbonyl (C=O) groups is 2. The summed E-state index contributed by atoms with van der Waals surface area (Å²) >= 11 is 0. The predicted octanol–water partition coefficient (Wildman–Crippen LogP) is 1.34. The second-order valence-electron chi connectivity index (χ2n) is 4.89. The highest BCUT2D eigenvalue weighted by Gasteiger charge is 2.17. The van der Waals surface area contributed by atoms with E-state index < -0.39 is 10.9 Å². The van der Waals surface area contributed by atoms with Gasteiger partial charge in [-0.3, -0.25) is 19.7 Å². The lowest BCUT2D eigenvalue weighted by molar-refractivity contribution is -0.384. The van der Waals surface area contributed by atoms with Crippen LogP contribution in [0.3, 0.4) is 0 Å². The monoisotopic (exact) mass is 325 g/mol. The number of nitro groups is 1. The fraction of sp³-hybridized carbons (Fsp3) is 0.429. The number of aliphatic carboxylic acids is 1. The molecule has 126 valence electrons. The maximum atomic E-state index is 11.9. The SMILES string of the molecule is COc1ccc(NC(=O)CCN(C)CCC(=O)O)c([N+](=O)[O-])c1.